The first-order chi connectivity index (χ1) is 13.9. The Bertz CT molecular complexity index is 1120. The Morgan fingerprint density at radius 2 is 1.72 bits per heavy atom. The Morgan fingerprint density at radius 1 is 1.00 bits per heavy atom. The van der Waals surface area contributed by atoms with Gasteiger partial charge in [-0.25, -0.2) is 8.42 Å². The van der Waals surface area contributed by atoms with Crippen molar-refractivity contribution in [2.45, 2.75) is 11.8 Å². The predicted octanol–water partition coefficient (Wildman–Crippen LogP) is 4.79. The number of amides is 1. The molecule has 6 nitrogen and oxygen atoms in total. The minimum absolute atomic E-state index is 0.0717. The molecule has 3 aromatic rings. The maximum atomic E-state index is 12.6. The molecule has 0 spiro atoms. The maximum Gasteiger partial charge on any atom is 0.261 e. The van der Waals surface area contributed by atoms with Crippen molar-refractivity contribution in [1.82, 2.24) is 0 Å². The van der Waals surface area contributed by atoms with Crippen LogP contribution < -0.4 is 14.8 Å². The summed E-state index contributed by atoms with van der Waals surface area (Å²) < 4.78 is 33.0. The largest absolute Gasteiger partial charge is 0.492 e. The normalized spacial score (nSPS) is 11.0. The number of halogens is 1. The number of carbonyl (C=O) groups excluding carboxylic acids is 1. The van der Waals surface area contributed by atoms with Crippen LogP contribution in [0.15, 0.2) is 77.7 Å². The van der Waals surface area contributed by atoms with Gasteiger partial charge in [-0.05, 0) is 61.5 Å². The van der Waals surface area contributed by atoms with Gasteiger partial charge in [-0.2, -0.15) is 0 Å². The number of ether oxygens (including phenoxy) is 1. The third-order valence-corrected chi connectivity index (χ3v) is 5.59. The topological polar surface area (TPSA) is 84.5 Å². The molecule has 3 rings (SSSR count). The second-order valence-corrected chi connectivity index (χ2v) is 8.14. The van der Waals surface area contributed by atoms with Crippen molar-refractivity contribution in [3.05, 3.63) is 83.4 Å². The predicted molar refractivity (Wildman–Crippen MR) is 114 cm³/mol. The van der Waals surface area contributed by atoms with Crippen LogP contribution in [0.1, 0.15) is 17.3 Å². The molecule has 2 N–H and O–H groups in total. The monoisotopic (exact) mass is 430 g/mol. The van der Waals surface area contributed by atoms with E-state index in [1.54, 1.807) is 36.4 Å². The highest BCUT2D eigenvalue weighted by atomic mass is 35.5. The maximum absolute atomic E-state index is 12.6. The molecule has 0 unspecified atom stereocenters. The van der Waals surface area contributed by atoms with Gasteiger partial charge in [-0.3, -0.25) is 9.52 Å². The van der Waals surface area contributed by atoms with E-state index in [0.29, 0.717) is 28.6 Å². The lowest BCUT2D eigenvalue weighted by Crippen LogP contribution is -2.15. The molecule has 0 bridgehead atoms. The Hall–Kier alpha value is -3.03. The number of rotatable bonds is 7. The quantitative estimate of drug-likeness (QED) is 0.564. The number of hydrogen-bond acceptors (Lipinski definition) is 4. The average molecular weight is 431 g/mol. The third kappa shape index (κ3) is 5.28. The molecule has 0 aromatic heterocycles. The molecule has 3 aromatic carbocycles. The van der Waals surface area contributed by atoms with Gasteiger partial charge in [0.15, 0.2) is 0 Å². The molecule has 0 saturated heterocycles. The summed E-state index contributed by atoms with van der Waals surface area (Å²) in [6, 6.07) is 19.1. The minimum atomic E-state index is -3.81. The standard InChI is InChI=1S/C21H19ClN2O4S/c1-2-28-20-9-4-3-8-19(20)23-21(25)15-6-5-7-17(14-15)24-29(26,27)18-12-10-16(22)11-13-18/h3-14,24H,2H2,1H3,(H,23,25). The molecule has 0 aliphatic rings. The van der Waals surface area contributed by atoms with Gasteiger partial charge in [0.25, 0.3) is 15.9 Å². The second kappa shape index (κ2) is 8.98. The molecular formula is C21H19ClN2O4S. The summed E-state index contributed by atoms with van der Waals surface area (Å²) in [5, 5.41) is 3.22. The highest BCUT2D eigenvalue weighted by Gasteiger charge is 2.16. The van der Waals surface area contributed by atoms with Crippen molar-refractivity contribution >= 4 is 38.9 Å². The number of nitrogens with one attached hydrogen (secondary N) is 2. The summed E-state index contributed by atoms with van der Waals surface area (Å²) >= 11 is 5.81. The van der Waals surface area contributed by atoms with Crippen LogP contribution in [0.25, 0.3) is 0 Å². The van der Waals surface area contributed by atoms with Crippen LogP contribution in [0, 0.1) is 0 Å². The molecule has 0 aliphatic carbocycles. The van der Waals surface area contributed by atoms with E-state index in [4.69, 9.17) is 16.3 Å². The molecule has 0 atom stereocenters. The molecule has 29 heavy (non-hydrogen) atoms. The van der Waals surface area contributed by atoms with Crippen LogP contribution in [0.3, 0.4) is 0 Å². The van der Waals surface area contributed by atoms with Crippen LogP contribution in [0.4, 0.5) is 11.4 Å². The summed E-state index contributed by atoms with van der Waals surface area (Å²) in [5.41, 5.74) is 1.10. The second-order valence-electron chi connectivity index (χ2n) is 6.02. The van der Waals surface area contributed by atoms with Crippen molar-refractivity contribution in [1.29, 1.82) is 0 Å². The zero-order valence-corrected chi connectivity index (χ0v) is 17.1. The zero-order valence-electron chi connectivity index (χ0n) is 15.6. The van der Waals surface area contributed by atoms with Crippen molar-refractivity contribution in [2.75, 3.05) is 16.6 Å². The lowest BCUT2D eigenvalue weighted by molar-refractivity contribution is 0.102. The molecule has 0 heterocycles. The lowest BCUT2D eigenvalue weighted by Gasteiger charge is -2.12. The first-order valence-electron chi connectivity index (χ1n) is 8.80. The summed E-state index contributed by atoms with van der Waals surface area (Å²) in [4.78, 5) is 12.7. The Morgan fingerprint density at radius 3 is 2.45 bits per heavy atom. The highest BCUT2D eigenvalue weighted by Crippen LogP contribution is 2.25. The summed E-state index contributed by atoms with van der Waals surface area (Å²) in [6.45, 7) is 2.32. The van der Waals surface area contributed by atoms with Gasteiger partial charge >= 0.3 is 0 Å². The molecule has 150 valence electrons. The van der Waals surface area contributed by atoms with Crippen LogP contribution in [-0.2, 0) is 10.0 Å². The fourth-order valence-electron chi connectivity index (χ4n) is 2.60. The van der Waals surface area contributed by atoms with E-state index < -0.39 is 10.0 Å². The van der Waals surface area contributed by atoms with Gasteiger partial charge in [0.2, 0.25) is 0 Å². The lowest BCUT2D eigenvalue weighted by atomic mass is 10.2. The van der Waals surface area contributed by atoms with Crippen LogP contribution in [0.2, 0.25) is 5.02 Å². The van der Waals surface area contributed by atoms with Crippen molar-refractivity contribution in [3.8, 4) is 5.75 Å². The van der Waals surface area contributed by atoms with E-state index in [1.165, 1.54) is 30.3 Å². The minimum Gasteiger partial charge on any atom is -0.492 e. The van der Waals surface area contributed by atoms with Gasteiger partial charge in [-0.15, -0.1) is 0 Å². The smallest absolute Gasteiger partial charge is 0.261 e. The van der Waals surface area contributed by atoms with Gasteiger partial charge in [0.05, 0.1) is 17.2 Å². The fourth-order valence-corrected chi connectivity index (χ4v) is 3.77. The van der Waals surface area contributed by atoms with E-state index in [0.717, 1.165) is 0 Å². The van der Waals surface area contributed by atoms with Crippen LogP contribution >= 0.6 is 11.6 Å². The molecule has 0 fully saturated rings. The third-order valence-electron chi connectivity index (χ3n) is 3.94. The fraction of sp³-hybridized carbons (Fsp3) is 0.0952. The van der Waals surface area contributed by atoms with Gasteiger partial charge < -0.3 is 10.1 Å². The summed E-state index contributed by atoms with van der Waals surface area (Å²) in [6.07, 6.45) is 0. The van der Waals surface area contributed by atoms with Gasteiger partial charge in [-0.1, -0.05) is 29.8 Å². The molecular weight excluding hydrogens is 412 g/mol. The molecule has 8 heteroatoms. The van der Waals surface area contributed by atoms with E-state index in [2.05, 4.69) is 10.0 Å². The Kier molecular flexibility index (Phi) is 6.41. The first kappa shape index (κ1) is 20.7. The van der Waals surface area contributed by atoms with Crippen LogP contribution in [-0.4, -0.2) is 20.9 Å². The Balaban J connectivity index is 1.79. The summed E-state index contributed by atoms with van der Waals surface area (Å²) in [5.74, 6) is 0.174. The zero-order chi connectivity index (χ0) is 20.9. The van der Waals surface area contributed by atoms with Crippen molar-refractivity contribution in [2.24, 2.45) is 0 Å². The molecule has 0 aliphatic heterocycles. The van der Waals surface area contributed by atoms with Gasteiger partial charge in [0.1, 0.15) is 5.75 Å². The van der Waals surface area contributed by atoms with Crippen LogP contribution in [0.5, 0.6) is 5.75 Å². The van der Waals surface area contributed by atoms with E-state index in [1.807, 2.05) is 13.0 Å². The first-order valence-corrected chi connectivity index (χ1v) is 10.7. The number of hydrogen-bond donors (Lipinski definition) is 2. The number of benzene rings is 3. The van der Waals surface area contributed by atoms with Gasteiger partial charge in [0, 0.05) is 16.3 Å². The number of para-hydroxylation sites is 2. The molecule has 0 saturated carbocycles. The number of sulfonamides is 1. The number of carbonyl (C=O) groups is 1. The molecule has 1 amide bonds. The van der Waals surface area contributed by atoms with E-state index in [9.17, 15) is 13.2 Å². The van der Waals surface area contributed by atoms with Crippen molar-refractivity contribution in [3.63, 3.8) is 0 Å². The number of anilines is 2. The van der Waals surface area contributed by atoms with E-state index in [-0.39, 0.29) is 16.5 Å². The van der Waals surface area contributed by atoms with E-state index >= 15 is 0 Å². The van der Waals surface area contributed by atoms with Crippen molar-refractivity contribution < 1.29 is 17.9 Å². The molecule has 0 radical (unpaired) electrons. The average Bonchev–Trinajstić information content (AvgIpc) is 2.70. The highest BCUT2D eigenvalue weighted by molar-refractivity contribution is 7.92. The summed E-state index contributed by atoms with van der Waals surface area (Å²) in [7, 11) is -3.81. The SMILES string of the molecule is CCOc1ccccc1NC(=O)c1cccc(NS(=O)(=O)c2ccc(Cl)cc2)c1. The Labute approximate surface area is 174 Å².